The molecule has 0 aliphatic carbocycles. The van der Waals surface area contributed by atoms with Crippen molar-refractivity contribution in [2.75, 3.05) is 33.0 Å². The van der Waals surface area contributed by atoms with Gasteiger partial charge in [0.05, 0.1) is 32.4 Å². The minimum Gasteiger partial charge on any atom is -0.491 e. The minimum atomic E-state index is -4.35. The number of nitrogens with zero attached hydrogens (tertiary/aromatic N) is 2. The average Bonchev–Trinajstić information content (AvgIpc) is 3.28. The minimum absolute atomic E-state index is 0.0176. The van der Waals surface area contributed by atoms with Crippen molar-refractivity contribution in [2.45, 2.75) is 31.3 Å². The molecule has 1 aromatic carbocycles. The van der Waals surface area contributed by atoms with Gasteiger partial charge in [-0.15, -0.1) is 0 Å². The van der Waals surface area contributed by atoms with Gasteiger partial charge in [0.1, 0.15) is 25.1 Å². The fourth-order valence-electron chi connectivity index (χ4n) is 3.46. The molecule has 1 unspecified atom stereocenters. The maximum atomic E-state index is 12.6. The van der Waals surface area contributed by atoms with E-state index in [4.69, 9.17) is 25.8 Å². The zero-order chi connectivity index (χ0) is 22.7. The molecule has 2 aliphatic rings. The van der Waals surface area contributed by atoms with Gasteiger partial charge in [0.2, 0.25) is 5.88 Å². The summed E-state index contributed by atoms with van der Waals surface area (Å²) in [5.41, 5.74) is 1.15. The van der Waals surface area contributed by atoms with Crippen molar-refractivity contribution in [1.82, 2.24) is 15.1 Å². The highest BCUT2D eigenvalue weighted by atomic mass is 35.5. The molecule has 32 heavy (non-hydrogen) atoms. The Bertz CT molecular complexity index is 945. The topological polar surface area (TPSA) is 83.8 Å². The highest BCUT2D eigenvalue weighted by Gasteiger charge is 2.29. The van der Waals surface area contributed by atoms with Crippen LogP contribution in [0.3, 0.4) is 0 Å². The molecule has 0 saturated carbocycles. The van der Waals surface area contributed by atoms with E-state index in [1.54, 1.807) is 10.7 Å². The number of carbonyl (C=O) groups excluding carboxylic acids is 1. The normalized spacial score (nSPS) is 19.6. The summed E-state index contributed by atoms with van der Waals surface area (Å²) in [6.07, 6.45) is -4.10. The lowest BCUT2D eigenvalue weighted by Gasteiger charge is -2.26. The monoisotopic (exact) mass is 475 g/mol. The van der Waals surface area contributed by atoms with Crippen LogP contribution in [0.1, 0.15) is 16.1 Å². The van der Waals surface area contributed by atoms with Crippen LogP contribution in [0.2, 0.25) is 5.02 Å². The fourth-order valence-corrected chi connectivity index (χ4v) is 3.65. The number of nitrogens with one attached hydrogen (secondary N) is 1. The van der Waals surface area contributed by atoms with E-state index in [1.807, 2.05) is 12.1 Å². The van der Waals surface area contributed by atoms with Crippen LogP contribution < -0.4 is 14.8 Å². The van der Waals surface area contributed by atoms with Crippen LogP contribution in [0, 0.1) is 0 Å². The summed E-state index contributed by atoms with van der Waals surface area (Å²) in [5.74, 6) is 0.840. The van der Waals surface area contributed by atoms with Crippen LogP contribution in [0.5, 0.6) is 11.6 Å². The van der Waals surface area contributed by atoms with Crippen molar-refractivity contribution in [1.29, 1.82) is 0 Å². The van der Waals surface area contributed by atoms with Crippen molar-refractivity contribution in [3.8, 4) is 11.6 Å². The molecule has 12 heteroatoms. The first kappa shape index (κ1) is 22.7. The van der Waals surface area contributed by atoms with Gasteiger partial charge in [0, 0.05) is 11.1 Å². The third-order valence-corrected chi connectivity index (χ3v) is 5.08. The Labute approximate surface area is 186 Å². The molecule has 174 valence electrons. The number of halogens is 4. The Balaban J connectivity index is 1.20. The molecule has 4 rings (SSSR count). The van der Waals surface area contributed by atoms with Crippen molar-refractivity contribution in [3.63, 3.8) is 0 Å². The first-order chi connectivity index (χ1) is 15.3. The first-order valence-corrected chi connectivity index (χ1v) is 10.3. The van der Waals surface area contributed by atoms with E-state index in [9.17, 15) is 18.0 Å². The molecule has 0 radical (unpaired) electrons. The van der Waals surface area contributed by atoms with E-state index < -0.39 is 12.8 Å². The Morgan fingerprint density at radius 1 is 1.28 bits per heavy atom. The third-order valence-electron chi connectivity index (χ3n) is 4.85. The largest absolute Gasteiger partial charge is 0.491 e. The molecule has 2 aromatic rings. The van der Waals surface area contributed by atoms with Crippen molar-refractivity contribution >= 4 is 17.5 Å². The van der Waals surface area contributed by atoms with Gasteiger partial charge in [-0.1, -0.05) is 11.6 Å². The summed E-state index contributed by atoms with van der Waals surface area (Å²) in [6.45, 7) is -0.571. The van der Waals surface area contributed by atoms with Crippen LogP contribution in [0.25, 0.3) is 0 Å². The van der Waals surface area contributed by atoms with Gasteiger partial charge in [-0.3, -0.25) is 4.79 Å². The summed E-state index contributed by atoms with van der Waals surface area (Å²) in [7, 11) is 0. The maximum absolute atomic E-state index is 12.6. The van der Waals surface area contributed by atoms with E-state index in [0.717, 1.165) is 11.3 Å². The zero-order valence-electron chi connectivity index (χ0n) is 16.9. The smallest absolute Gasteiger partial charge is 0.411 e. The van der Waals surface area contributed by atoms with Crippen LogP contribution in [0.4, 0.5) is 13.2 Å². The second-order valence-corrected chi connectivity index (χ2v) is 7.91. The molecule has 0 saturated heterocycles. The lowest BCUT2D eigenvalue weighted by atomic mass is 10.0. The SMILES string of the molecule is O=C(N[C@H]1COc2ccc(Cl)cc2C1)c1cc2n(n1)CC(COCCOCC(F)(F)F)O2. The number of carbonyl (C=O) groups is 1. The Morgan fingerprint density at radius 2 is 2.09 bits per heavy atom. The number of hydrogen-bond donors (Lipinski definition) is 1. The number of amides is 1. The molecule has 0 spiro atoms. The number of benzene rings is 1. The van der Waals surface area contributed by atoms with Crippen molar-refractivity contribution in [2.24, 2.45) is 0 Å². The maximum Gasteiger partial charge on any atom is 0.411 e. The predicted molar refractivity (Wildman–Crippen MR) is 106 cm³/mol. The van der Waals surface area contributed by atoms with Gasteiger partial charge in [-0.2, -0.15) is 18.3 Å². The lowest BCUT2D eigenvalue weighted by molar-refractivity contribution is -0.176. The van der Waals surface area contributed by atoms with Crippen molar-refractivity contribution < 1.29 is 36.9 Å². The van der Waals surface area contributed by atoms with E-state index in [-0.39, 0.29) is 43.6 Å². The van der Waals surface area contributed by atoms with Crippen LogP contribution >= 0.6 is 11.6 Å². The molecular weight excluding hydrogens is 455 g/mol. The molecule has 0 fully saturated rings. The Kier molecular flexibility index (Phi) is 6.77. The van der Waals surface area contributed by atoms with E-state index in [1.165, 1.54) is 6.07 Å². The fraction of sp³-hybridized carbons (Fsp3) is 0.500. The first-order valence-electron chi connectivity index (χ1n) is 9.95. The molecule has 1 amide bonds. The molecule has 0 bridgehead atoms. The molecular formula is C20H21ClF3N3O5. The van der Waals surface area contributed by atoms with Gasteiger partial charge in [-0.25, -0.2) is 4.68 Å². The van der Waals surface area contributed by atoms with Gasteiger partial charge in [-0.05, 0) is 30.2 Å². The van der Waals surface area contributed by atoms with Gasteiger partial charge in [0.15, 0.2) is 5.69 Å². The molecule has 2 atom stereocenters. The van der Waals surface area contributed by atoms with E-state index >= 15 is 0 Å². The van der Waals surface area contributed by atoms with Crippen LogP contribution in [-0.4, -0.2) is 67.0 Å². The standard InChI is InChI=1S/C20H21ClF3N3O5/c21-13-1-2-17-12(5-13)6-14(9-31-17)25-19(28)16-7-18-27(26-16)8-15(32-18)10-29-3-4-30-11-20(22,23)24/h1-2,5,7,14-15H,3-4,6,8-11H2,(H,25,28)/t14-,15?/m1/s1. The number of aromatic nitrogens is 2. The Morgan fingerprint density at radius 3 is 2.88 bits per heavy atom. The predicted octanol–water partition coefficient (Wildman–Crippen LogP) is 2.63. The second kappa shape index (κ2) is 9.55. The lowest BCUT2D eigenvalue weighted by Crippen LogP contribution is -2.43. The van der Waals surface area contributed by atoms with Crippen molar-refractivity contribution in [3.05, 3.63) is 40.5 Å². The Hall–Kier alpha value is -2.50. The average molecular weight is 476 g/mol. The second-order valence-electron chi connectivity index (χ2n) is 7.47. The highest BCUT2D eigenvalue weighted by molar-refractivity contribution is 6.30. The summed E-state index contributed by atoms with van der Waals surface area (Å²) < 4.78 is 58.6. The molecule has 2 aliphatic heterocycles. The molecule has 3 heterocycles. The third kappa shape index (κ3) is 5.84. The van der Waals surface area contributed by atoms with Gasteiger partial charge < -0.3 is 24.3 Å². The van der Waals surface area contributed by atoms with Crippen LogP contribution in [0.15, 0.2) is 24.3 Å². The molecule has 1 aromatic heterocycles. The van der Waals surface area contributed by atoms with Gasteiger partial charge in [0.25, 0.3) is 5.91 Å². The number of rotatable bonds is 8. The number of ether oxygens (including phenoxy) is 4. The number of alkyl halides is 3. The summed E-state index contributed by atoms with van der Waals surface area (Å²) in [5, 5.41) is 7.77. The summed E-state index contributed by atoms with van der Waals surface area (Å²) >= 11 is 6.03. The molecule has 1 N–H and O–H groups in total. The zero-order valence-corrected chi connectivity index (χ0v) is 17.6. The quantitative estimate of drug-likeness (QED) is 0.591. The highest BCUT2D eigenvalue weighted by Crippen LogP contribution is 2.28. The summed E-state index contributed by atoms with van der Waals surface area (Å²) in [6, 6.07) is 6.70. The van der Waals surface area contributed by atoms with Crippen LogP contribution in [-0.2, 0) is 22.4 Å². The van der Waals surface area contributed by atoms with E-state index in [0.29, 0.717) is 30.5 Å². The van der Waals surface area contributed by atoms with Gasteiger partial charge >= 0.3 is 6.18 Å². The molecule has 8 nitrogen and oxygen atoms in total. The summed E-state index contributed by atoms with van der Waals surface area (Å²) in [4.78, 5) is 12.6. The number of fused-ring (bicyclic) bond motifs is 2. The van der Waals surface area contributed by atoms with E-state index in [2.05, 4.69) is 15.2 Å². The number of hydrogen-bond acceptors (Lipinski definition) is 6.